The number of hydrogen-bond donors (Lipinski definition) is 2. The van der Waals surface area contributed by atoms with Gasteiger partial charge < -0.3 is 4.74 Å². The lowest BCUT2D eigenvalue weighted by Gasteiger charge is -2.05. The summed E-state index contributed by atoms with van der Waals surface area (Å²) in [6.07, 6.45) is 2.93. The summed E-state index contributed by atoms with van der Waals surface area (Å²) in [7, 11) is -2.06. The average molecular weight is 268 g/mol. The van der Waals surface area contributed by atoms with Gasteiger partial charge in [0.05, 0.1) is 13.3 Å². The first kappa shape index (κ1) is 12.5. The van der Waals surface area contributed by atoms with Crippen molar-refractivity contribution in [1.82, 2.24) is 19.9 Å². The zero-order valence-corrected chi connectivity index (χ0v) is 10.4. The molecule has 0 spiro atoms. The van der Waals surface area contributed by atoms with Gasteiger partial charge in [-0.2, -0.15) is 5.10 Å². The van der Waals surface area contributed by atoms with Crippen LogP contribution in [-0.4, -0.2) is 30.7 Å². The number of methoxy groups -OCH3 is 1. The van der Waals surface area contributed by atoms with Crippen molar-refractivity contribution in [3.05, 3.63) is 36.2 Å². The predicted molar refractivity (Wildman–Crippen MR) is 63.4 cm³/mol. The summed E-state index contributed by atoms with van der Waals surface area (Å²) in [6.45, 7) is 0.153. The third-order valence-electron chi connectivity index (χ3n) is 2.24. The van der Waals surface area contributed by atoms with E-state index in [9.17, 15) is 8.42 Å². The second-order valence-corrected chi connectivity index (χ2v) is 5.19. The Morgan fingerprint density at radius 2 is 2.22 bits per heavy atom. The fourth-order valence-electron chi connectivity index (χ4n) is 1.32. The number of nitrogens with one attached hydrogen (secondary N) is 2. The minimum atomic E-state index is -3.56. The quantitative estimate of drug-likeness (QED) is 0.812. The van der Waals surface area contributed by atoms with Crippen molar-refractivity contribution >= 4 is 10.0 Å². The second-order valence-electron chi connectivity index (χ2n) is 3.45. The fraction of sp³-hybridized carbons (Fsp3) is 0.200. The van der Waals surface area contributed by atoms with Crippen molar-refractivity contribution < 1.29 is 13.2 Å². The van der Waals surface area contributed by atoms with Crippen molar-refractivity contribution in [2.75, 3.05) is 7.11 Å². The van der Waals surface area contributed by atoms with Crippen LogP contribution in [0.2, 0.25) is 0 Å². The Morgan fingerprint density at radius 1 is 1.39 bits per heavy atom. The standard InChI is InChI=1S/C10H12N4O3S/c1-17-9-6-8(2-4-11-9)7-13-18(15,16)10-3-5-12-14-10/h2-6,13H,7H2,1H3,(H,12,14). The van der Waals surface area contributed by atoms with Gasteiger partial charge in [0.2, 0.25) is 5.88 Å². The Hall–Kier alpha value is -1.93. The van der Waals surface area contributed by atoms with E-state index in [-0.39, 0.29) is 11.6 Å². The Morgan fingerprint density at radius 3 is 2.89 bits per heavy atom. The van der Waals surface area contributed by atoms with Gasteiger partial charge in [-0.1, -0.05) is 0 Å². The molecule has 0 radical (unpaired) electrons. The molecule has 0 aliphatic rings. The lowest BCUT2D eigenvalue weighted by Crippen LogP contribution is -2.23. The lowest BCUT2D eigenvalue weighted by molar-refractivity contribution is 0.397. The van der Waals surface area contributed by atoms with Crippen molar-refractivity contribution in [2.24, 2.45) is 0 Å². The molecule has 0 saturated heterocycles. The number of aromatic amines is 1. The maximum Gasteiger partial charge on any atom is 0.257 e. The van der Waals surface area contributed by atoms with Crippen LogP contribution in [0.15, 0.2) is 35.6 Å². The SMILES string of the molecule is COc1cc(CNS(=O)(=O)c2ccn[nH]2)ccn1. The zero-order valence-electron chi connectivity index (χ0n) is 9.62. The Labute approximate surface area is 104 Å². The molecule has 96 valence electrons. The summed E-state index contributed by atoms with van der Waals surface area (Å²) in [5.41, 5.74) is 0.755. The number of nitrogens with zero attached hydrogens (tertiary/aromatic N) is 2. The molecule has 2 N–H and O–H groups in total. The molecule has 2 heterocycles. The molecular weight excluding hydrogens is 256 g/mol. The molecule has 2 aromatic heterocycles. The number of aromatic nitrogens is 3. The number of sulfonamides is 1. The monoisotopic (exact) mass is 268 g/mol. The first-order valence-corrected chi connectivity index (χ1v) is 6.58. The maximum absolute atomic E-state index is 11.8. The molecule has 0 fully saturated rings. The van der Waals surface area contributed by atoms with Gasteiger partial charge in [0, 0.05) is 18.8 Å². The Bertz CT molecular complexity index is 610. The molecular formula is C10H12N4O3S. The molecule has 0 aromatic carbocycles. The van der Waals surface area contributed by atoms with Gasteiger partial charge in [0.1, 0.15) is 0 Å². The molecule has 2 rings (SSSR count). The molecule has 8 heteroatoms. The molecule has 0 amide bonds. The third-order valence-corrected chi connectivity index (χ3v) is 3.57. The minimum absolute atomic E-state index is 0.0310. The average Bonchev–Trinajstić information content (AvgIpc) is 2.91. The van der Waals surface area contributed by atoms with E-state index in [1.54, 1.807) is 18.3 Å². The maximum atomic E-state index is 11.8. The van der Waals surface area contributed by atoms with Crippen LogP contribution in [0, 0.1) is 0 Å². The van der Waals surface area contributed by atoms with E-state index in [1.165, 1.54) is 19.4 Å². The second kappa shape index (κ2) is 5.15. The lowest BCUT2D eigenvalue weighted by atomic mass is 10.3. The summed E-state index contributed by atoms with van der Waals surface area (Å²) in [4.78, 5) is 3.94. The summed E-state index contributed by atoms with van der Waals surface area (Å²) < 4.78 is 31.0. The summed E-state index contributed by atoms with van der Waals surface area (Å²) in [5.74, 6) is 0.438. The van der Waals surface area contributed by atoms with E-state index >= 15 is 0 Å². The molecule has 0 unspecified atom stereocenters. The van der Waals surface area contributed by atoms with Crippen LogP contribution >= 0.6 is 0 Å². The molecule has 2 aromatic rings. The van der Waals surface area contributed by atoms with Crippen LogP contribution in [0.1, 0.15) is 5.56 Å². The van der Waals surface area contributed by atoms with Crippen molar-refractivity contribution in [2.45, 2.75) is 11.6 Å². The van der Waals surface area contributed by atoms with Crippen molar-refractivity contribution in [3.8, 4) is 5.88 Å². The topological polar surface area (TPSA) is 97.0 Å². The van der Waals surface area contributed by atoms with Gasteiger partial charge in [0.25, 0.3) is 10.0 Å². The highest BCUT2D eigenvalue weighted by Crippen LogP contribution is 2.09. The minimum Gasteiger partial charge on any atom is -0.481 e. The summed E-state index contributed by atoms with van der Waals surface area (Å²) >= 11 is 0. The molecule has 18 heavy (non-hydrogen) atoms. The van der Waals surface area contributed by atoms with Gasteiger partial charge in [-0.15, -0.1) is 0 Å². The predicted octanol–water partition coefficient (Wildman–Crippen LogP) is 0.292. The summed E-state index contributed by atoms with van der Waals surface area (Å²) in [6, 6.07) is 4.75. The van der Waals surface area contributed by atoms with Crippen LogP contribution in [0.5, 0.6) is 5.88 Å². The third kappa shape index (κ3) is 2.84. The van der Waals surface area contributed by atoms with E-state index in [2.05, 4.69) is 19.9 Å². The van der Waals surface area contributed by atoms with E-state index in [1.807, 2.05) is 0 Å². The summed E-state index contributed by atoms with van der Waals surface area (Å²) in [5, 5.41) is 6.03. The van der Waals surface area contributed by atoms with Crippen LogP contribution in [-0.2, 0) is 16.6 Å². The van der Waals surface area contributed by atoms with Crippen LogP contribution in [0.4, 0.5) is 0 Å². The first-order valence-electron chi connectivity index (χ1n) is 5.10. The van der Waals surface area contributed by atoms with E-state index in [0.29, 0.717) is 5.88 Å². The number of hydrogen-bond acceptors (Lipinski definition) is 5. The fourth-order valence-corrected chi connectivity index (χ4v) is 2.25. The number of pyridine rings is 1. The molecule has 7 nitrogen and oxygen atoms in total. The molecule has 0 aliphatic carbocycles. The van der Waals surface area contributed by atoms with Gasteiger partial charge in [0.15, 0.2) is 5.03 Å². The van der Waals surface area contributed by atoms with E-state index in [4.69, 9.17) is 4.74 Å². The molecule has 0 atom stereocenters. The number of H-pyrrole nitrogens is 1. The highest BCUT2D eigenvalue weighted by molar-refractivity contribution is 7.89. The Kier molecular flexibility index (Phi) is 3.58. The van der Waals surface area contributed by atoms with Gasteiger partial charge in [-0.25, -0.2) is 18.1 Å². The number of ether oxygens (including phenoxy) is 1. The highest BCUT2D eigenvalue weighted by Gasteiger charge is 2.14. The van der Waals surface area contributed by atoms with E-state index in [0.717, 1.165) is 5.56 Å². The highest BCUT2D eigenvalue weighted by atomic mass is 32.2. The van der Waals surface area contributed by atoms with Crippen LogP contribution < -0.4 is 9.46 Å². The van der Waals surface area contributed by atoms with Crippen LogP contribution in [0.25, 0.3) is 0 Å². The zero-order chi connectivity index (χ0) is 13.0. The van der Waals surface area contributed by atoms with Crippen LogP contribution in [0.3, 0.4) is 0 Å². The smallest absolute Gasteiger partial charge is 0.257 e. The molecule has 0 bridgehead atoms. The number of rotatable bonds is 5. The Balaban J connectivity index is 2.07. The van der Waals surface area contributed by atoms with Gasteiger partial charge in [-0.3, -0.25) is 5.10 Å². The molecule has 0 aliphatic heterocycles. The largest absolute Gasteiger partial charge is 0.481 e. The van der Waals surface area contributed by atoms with Crippen molar-refractivity contribution in [1.29, 1.82) is 0 Å². The van der Waals surface area contributed by atoms with E-state index < -0.39 is 10.0 Å². The molecule has 0 saturated carbocycles. The first-order chi connectivity index (χ1) is 8.62. The van der Waals surface area contributed by atoms with Crippen molar-refractivity contribution in [3.63, 3.8) is 0 Å². The van der Waals surface area contributed by atoms with Gasteiger partial charge >= 0.3 is 0 Å². The van der Waals surface area contributed by atoms with Gasteiger partial charge in [-0.05, 0) is 17.7 Å². The normalized spacial score (nSPS) is 11.4.